The molecule has 94 valence electrons. The Morgan fingerprint density at radius 1 is 1.06 bits per heavy atom. The minimum atomic E-state index is 0.0612. The lowest BCUT2D eigenvalue weighted by molar-refractivity contribution is 0.716. The average molecular weight is 304 g/mol. The molecule has 0 saturated heterocycles. The van der Waals surface area contributed by atoms with Crippen LogP contribution < -0.4 is 5.73 Å². The van der Waals surface area contributed by atoms with E-state index in [1.807, 2.05) is 0 Å². The normalized spacial score (nSPS) is 12.4. The first-order chi connectivity index (χ1) is 8.56. The Kier molecular flexibility index (Phi) is 4.20. The molecule has 0 aromatic heterocycles. The summed E-state index contributed by atoms with van der Waals surface area (Å²) in [6.07, 6.45) is 0.873. The lowest BCUT2D eigenvalue weighted by atomic mass is 9.95. The molecule has 1 unspecified atom stereocenters. The lowest BCUT2D eigenvalue weighted by Gasteiger charge is -2.15. The standard InChI is InChI=1S/C16H18BrN/c1-11-3-4-12(2)15(9-11)16(18)10-13-5-7-14(17)8-6-13/h3-9,16H,10,18H2,1-2H3. The second-order valence-electron chi connectivity index (χ2n) is 4.80. The van der Waals surface area contributed by atoms with Gasteiger partial charge in [-0.1, -0.05) is 51.8 Å². The van der Waals surface area contributed by atoms with Gasteiger partial charge in [-0.15, -0.1) is 0 Å². The fourth-order valence-electron chi connectivity index (χ4n) is 2.14. The van der Waals surface area contributed by atoms with Gasteiger partial charge in [0, 0.05) is 10.5 Å². The van der Waals surface area contributed by atoms with Crippen LogP contribution in [0.25, 0.3) is 0 Å². The van der Waals surface area contributed by atoms with Gasteiger partial charge < -0.3 is 5.73 Å². The highest BCUT2D eigenvalue weighted by Gasteiger charge is 2.10. The SMILES string of the molecule is Cc1ccc(C)c(C(N)Cc2ccc(Br)cc2)c1. The summed E-state index contributed by atoms with van der Waals surface area (Å²) >= 11 is 3.45. The van der Waals surface area contributed by atoms with Crippen LogP contribution in [0.5, 0.6) is 0 Å². The third-order valence-corrected chi connectivity index (χ3v) is 3.73. The van der Waals surface area contributed by atoms with Crippen molar-refractivity contribution in [2.45, 2.75) is 26.3 Å². The Bertz CT molecular complexity index is 531. The molecule has 18 heavy (non-hydrogen) atoms. The van der Waals surface area contributed by atoms with Crippen molar-refractivity contribution in [2.75, 3.05) is 0 Å². The summed E-state index contributed by atoms with van der Waals surface area (Å²) in [5.74, 6) is 0. The van der Waals surface area contributed by atoms with Gasteiger partial charge in [-0.05, 0) is 49.1 Å². The third kappa shape index (κ3) is 3.21. The summed E-state index contributed by atoms with van der Waals surface area (Å²) in [5.41, 5.74) is 11.4. The molecule has 1 nitrogen and oxygen atoms in total. The van der Waals surface area contributed by atoms with Gasteiger partial charge in [0.15, 0.2) is 0 Å². The zero-order chi connectivity index (χ0) is 13.1. The largest absolute Gasteiger partial charge is 0.324 e. The molecule has 0 bridgehead atoms. The molecule has 0 amide bonds. The number of aryl methyl sites for hydroxylation is 2. The van der Waals surface area contributed by atoms with E-state index in [1.54, 1.807) is 0 Å². The van der Waals surface area contributed by atoms with Crippen molar-refractivity contribution in [3.63, 3.8) is 0 Å². The minimum absolute atomic E-state index is 0.0612. The predicted octanol–water partition coefficient (Wildman–Crippen LogP) is 4.31. The summed E-state index contributed by atoms with van der Waals surface area (Å²) in [5, 5.41) is 0. The monoisotopic (exact) mass is 303 g/mol. The van der Waals surface area contributed by atoms with Gasteiger partial charge in [0.25, 0.3) is 0 Å². The second-order valence-corrected chi connectivity index (χ2v) is 5.71. The summed E-state index contributed by atoms with van der Waals surface area (Å²) in [4.78, 5) is 0. The van der Waals surface area contributed by atoms with E-state index in [9.17, 15) is 0 Å². The molecule has 0 saturated carbocycles. The first kappa shape index (κ1) is 13.3. The number of nitrogens with two attached hydrogens (primary N) is 1. The highest BCUT2D eigenvalue weighted by molar-refractivity contribution is 9.10. The van der Waals surface area contributed by atoms with Crippen molar-refractivity contribution in [3.8, 4) is 0 Å². The van der Waals surface area contributed by atoms with Gasteiger partial charge in [0.1, 0.15) is 0 Å². The predicted molar refractivity (Wildman–Crippen MR) is 80.7 cm³/mol. The summed E-state index contributed by atoms with van der Waals surface area (Å²) < 4.78 is 1.10. The lowest BCUT2D eigenvalue weighted by Crippen LogP contribution is -2.14. The Balaban J connectivity index is 2.18. The van der Waals surface area contributed by atoms with Crippen LogP contribution in [0.4, 0.5) is 0 Å². The molecule has 0 aliphatic carbocycles. The van der Waals surface area contributed by atoms with Crippen LogP contribution in [0.2, 0.25) is 0 Å². The van der Waals surface area contributed by atoms with E-state index in [0.717, 1.165) is 10.9 Å². The van der Waals surface area contributed by atoms with E-state index in [2.05, 4.69) is 72.2 Å². The Labute approximate surface area is 117 Å². The van der Waals surface area contributed by atoms with E-state index in [1.165, 1.54) is 22.3 Å². The van der Waals surface area contributed by atoms with Gasteiger partial charge in [0.2, 0.25) is 0 Å². The van der Waals surface area contributed by atoms with Crippen molar-refractivity contribution in [3.05, 3.63) is 69.2 Å². The van der Waals surface area contributed by atoms with E-state index >= 15 is 0 Å². The highest BCUT2D eigenvalue weighted by atomic mass is 79.9. The van der Waals surface area contributed by atoms with Crippen LogP contribution >= 0.6 is 15.9 Å². The number of hydrogen-bond donors (Lipinski definition) is 1. The van der Waals surface area contributed by atoms with Gasteiger partial charge >= 0.3 is 0 Å². The maximum Gasteiger partial charge on any atom is 0.0338 e. The second kappa shape index (κ2) is 5.68. The molecule has 0 aliphatic heterocycles. The van der Waals surface area contributed by atoms with Crippen LogP contribution in [-0.2, 0) is 6.42 Å². The van der Waals surface area contributed by atoms with Crippen LogP contribution in [0.15, 0.2) is 46.9 Å². The van der Waals surface area contributed by atoms with Crippen molar-refractivity contribution >= 4 is 15.9 Å². The van der Waals surface area contributed by atoms with E-state index in [-0.39, 0.29) is 6.04 Å². The molecule has 2 rings (SSSR count). The van der Waals surface area contributed by atoms with Gasteiger partial charge in [-0.3, -0.25) is 0 Å². The smallest absolute Gasteiger partial charge is 0.0338 e. The Morgan fingerprint density at radius 3 is 2.39 bits per heavy atom. The van der Waals surface area contributed by atoms with Crippen LogP contribution in [0.3, 0.4) is 0 Å². The van der Waals surface area contributed by atoms with Crippen molar-refractivity contribution in [2.24, 2.45) is 5.73 Å². The molecular formula is C16H18BrN. The summed E-state index contributed by atoms with van der Waals surface area (Å²) in [6.45, 7) is 4.23. The van der Waals surface area contributed by atoms with Crippen LogP contribution in [-0.4, -0.2) is 0 Å². The fourth-order valence-corrected chi connectivity index (χ4v) is 2.41. The van der Waals surface area contributed by atoms with Gasteiger partial charge in [0.05, 0.1) is 0 Å². The van der Waals surface area contributed by atoms with Crippen molar-refractivity contribution < 1.29 is 0 Å². The maximum atomic E-state index is 6.32. The molecule has 0 radical (unpaired) electrons. The van der Waals surface area contributed by atoms with Gasteiger partial charge in [-0.25, -0.2) is 0 Å². The van der Waals surface area contributed by atoms with Gasteiger partial charge in [-0.2, -0.15) is 0 Å². The third-order valence-electron chi connectivity index (χ3n) is 3.20. The molecule has 2 N–H and O–H groups in total. The topological polar surface area (TPSA) is 26.0 Å². The molecule has 0 aliphatic rings. The molecule has 0 fully saturated rings. The maximum absolute atomic E-state index is 6.32. The minimum Gasteiger partial charge on any atom is -0.324 e. The molecular weight excluding hydrogens is 286 g/mol. The summed E-state index contributed by atoms with van der Waals surface area (Å²) in [7, 11) is 0. The zero-order valence-electron chi connectivity index (χ0n) is 10.8. The Morgan fingerprint density at radius 2 is 1.72 bits per heavy atom. The number of halogens is 1. The Hall–Kier alpha value is -1.12. The van der Waals surface area contributed by atoms with Crippen LogP contribution in [0.1, 0.15) is 28.3 Å². The van der Waals surface area contributed by atoms with Crippen LogP contribution in [0, 0.1) is 13.8 Å². The molecule has 1 atom stereocenters. The fraction of sp³-hybridized carbons (Fsp3) is 0.250. The number of rotatable bonds is 3. The quantitative estimate of drug-likeness (QED) is 0.898. The average Bonchev–Trinajstić information content (AvgIpc) is 2.35. The van der Waals surface area contributed by atoms with E-state index < -0.39 is 0 Å². The molecule has 0 heterocycles. The van der Waals surface area contributed by atoms with Crippen molar-refractivity contribution in [1.29, 1.82) is 0 Å². The molecule has 2 aromatic carbocycles. The summed E-state index contributed by atoms with van der Waals surface area (Å²) in [6, 6.07) is 14.9. The first-order valence-corrected chi connectivity index (χ1v) is 6.93. The van der Waals surface area contributed by atoms with Crippen molar-refractivity contribution in [1.82, 2.24) is 0 Å². The molecule has 0 spiro atoms. The number of hydrogen-bond acceptors (Lipinski definition) is 1. The molecule has 2 heteroatoms. The zero-order valence-corrected chi connectivity index (χ0v) is 12.4. The number of benzene rings is 2. The van der Waals surface area contributed by atoms with E-state index in [4.69, 9.17) is 5.73 Å². The highest BCUT2D eigenvalue weighted by Crippen LogP contribution is 2.21. The molecule has 2 aromatic rings. The first-order valence-electron chi connectivity index (χ1n) is 6.13. The van der Waals surface area contributed by atoms with E-state index in [0.29, 0.717) is 0 Å².